The first-order valence-corrected chi connectivity index (χ1v) is 13.1. The lowest BCUT2D eigenvalue weighted by Gasteiger charge is -2.36. The molecule has 10 heteroatoms. The zero-order valence-electron chi connectivity index (χ0n) is 21.8. The smallest absolute Gasteiger partial charge is 0.276 e. The van der Waals surface area contributed by atoms with Gasteiger partial charge < -0.3 is 25.7 Å². The number of morpholine rings is 1. The molecule has 5 rings (SSSR count). The number of rotatable bonds is 7. The second kappa shape index (κ2) is 11.8. The molecule has 0 saturated carbocycles. The highest BCUT2D eigenvalue weighted by atomic mass is 16.5. The summed E-state index contributed by atoms with van der Waals surface area (Å²) in [6, 6.07) is 14.6. The third-order valence-electron chi connectivity index (χ3n) is 7.29. The van der Waals surface area contributed by atoms with Gasteiger partial charge in [-0.3, -0.25) is 19.4 Å². The third kappa shape index (κ3) is 5.72. The number of amides is 1. The normalized spacial score (nSPS) is 17.9. The fraction of sp³-hybridized carbons (Fsp3) is 0.393. The Balaban J connectivity index is 1.24. The number of H-pyrrole nitrogens is 1. The number of ether oxygens (including phenoxy) is 1. The van der Waals surface area contributed by atoms with E-state index >= 15 is 0 Å². The van der Waals surface area contributed by atoms with Gasteiger partial charge in [-0.15, -0.1) is 0 Å². The molecule has 0 atom stereocenters. The van der Waals surface area contributed by atoms with Gasteiger partial charge in [0.1, 0.15) is 0 Å². The van der Waals surface area contributed by atoms with Gasteiger partial charge >= 0.3 is 0 Å². The van der Waals surface area contributed by atoms with Crippen molar-refractivity contribution in [1.29, 1.82) is 0 Å². The molecule has 2 aliphatic heterocycles. The van der Waals surface area contributed by atoms with Crippen LogP contribution in [-0.4, -0.2) is 103 Å². The predicted molar refractivity (Wildman–Crippen MR) is 148 cm³/mol. The Kier molecular flexibility index (Phi) is 8.02. The number of hydrogen-bond donors (Lipinski definition) is 3. The van der Waals surface area contributed by atoms with Gasteiger partial charge in [0.05, 0.1) is 35.6 Å². The predicted octanol–water partition coefficient (Wildman–Crippen LogP) is 1.02. The summed E-state index contributed by atoms with van der Waals surface area (Å²) in [5, 5.41) is 3.03. The van der Waals surface area contributed by atoms with Crippen molar-refractivity contribution in [3.05, 3.63) is 75.7 Å². The first-order valence-electron chi connectivity index (χ1n) is 13.1. The summed E-state index contributed by atoms with van der Waals surface area (Å²) in [4.78, 5) is 40.0. The molecule has 3 aromatic rings. The topological polar surface area (TPSA) is 120 Å². The van der Waals surface area contributed by atoms with Crippen molar-refractivity contribution in [3.8, 4) is 0 Å². The van der Waals surface area contributed by atoms with Crippen molar-refractivity contribution in [3.63, 3.8) is 0 Å². The molecular weight excluding hydrogens is 482 g/mol. The minimum absolute atomic E-state index is 0.0217. The van der Waals surface area contributed by atoms with E-state index in [9.17, 15) is 9.59 Å². The summed E-state index contributed by atoms with van der Waals surface area (Å²) >= 11 is 0. The number of para-hydroxylation sites is 2. The van der Waals surface area contributed by atoms with E-state index in [4.69, 9.17) is 10.5 Å². The Morgan fingerprint density at radius 1 is 0.947 bits per heavy atom. The van der Waals surface area contributed by atoms with Crippen LogP contribution in [0.2, 0.25) is 0 Å². The number of benzene rings is 2. The molecule has 38 heavy (non-hydrogen) atoms. The molecule has 0 unspecified atom stereocenters. The van der Waals surface area contributed by atoms with Gasteiger partial charge in [-0.05, 0) is 29.8 Å². The molecule has 0 aliphatic carbocycles. The second-order valence-corrected chi connectivity index (χ2v) is 9.64. The van der Waals surface area contributed by atoms with Gasteiger partial charge in [0.2, 0.25) is 0 Å². The van der Waals surface area contributed by atoms with Crippen molar-refractivity contribution in [2.75, 3.05) is 72.6 Å². The SMILES string of the molecule is CN/C(=C(/N)c1ccc(C(=O)N2CCN(CCN3CCOCC3)CC2)cc1)c1nc2ccccc2[nH]c1=O. The van der Waals surface area contributed by atoms with Crippen LogP contribution in [0.25, 0.3) is 22.4 Å². The molecule has 0 bridgehead atoms. The number of piperazine rings is 1. The number of aromatic amines is 1. The highest BCUT2D eigenvalue weighted by Gasteiger charge is 2.23. The molecule has 4 N–H and O–H groups in total. The summed E-state index contributed by atoms with van der Waals surface area (Å²) < 4.78 is 5.42. The number of carbonyl (C=O) groups is 1. The zero-order valence-corrected chi connectivity index (χ0v) is 21.8. The molecule has 2 aliphatic rings. The maximum absolute atomic E-state index is 13.1. The molecule has 10 nitrogen and oxygen atoms in total. The van der Waals surface area contributed by atoms with Gasteiger partial charge in [-0.1, -0.05) is 24.3 Å². The highest BCUT2D eigenvalue weighted by molar-refractivity contribution is 5.95. The number of hydrogen-bond acceptors (Lipinski definition) is 8. The molecule has 1 aromatic heterocycles. The lowest BCUT2D eigenvalue weighted by atomic mass is 10.1. The van der Waals surface area contributed by atoms with E-state index in [0.717, 1.165) is 52.5 Å². The molecule has 0 radical (unpaired) electrons. The Morgan fingerprint density at radius 3 is 2.26 bits per heavy atom. The second-order valence-electron chi connectivity index (χ2n) is 9.64. The van der Waals surface area contributed by atoms with E-state index in [0.29, 0.717) is 46.6 Å². The van der Waals surface area contributed by atoms with Crippen LogP contribution in [0.4, 0.5) is 0 Å². The number of carbonyl (C=O) groups excluding carboxylic acids is 1. The largest absolute Gasteiger partial charge is 0.396 e. The molecule has 0 spiro atoms. The Hall–Kier alpha value is -3.73. The minimum atomic E-state index is -0.327. The third-order valence-corrected chi connectivity index (χ3v) is 7.29. The lowest BCUT2D eigenvalue weighted by Crippen LogP contribution is -2.51. The first kappa shape index (κ1) is 25.9. The maximum atomic E-state index is 13.1. The van der Waals surface area contributed by atoms with Crippen molar-refractivity contribution >= 4 is 28.3 Å². The van der Waals surface area contributed by atoms with Gasteiger partial charge in [-0.25, -0.2) is 4.98 Å². The first-order chi connectivity index (χ1) is 18.5. The minimum Gasteiger partial charge on any atom is -0.396 e. The summed E-state index contributed by atoms with van der Waals surface area (Å²) in [5.41, 5.74) is 9.84. The van der Waals surface area contributed by atoms with Crippen molar-refractivity contribution in [2.45, 2.75) is 0 Å². The molecule has 200 valence electrons. The van der Waals surface area contributed by atoms with E-state index < -0.39 is 0 Å². The molecule has 2 saturated heterocycles. The number of nitrogens with two attached hydrogens (primary N) is 1. The Bertz CT molecular complexity index is 1350. The average Bonchev–Trinajstić information content (AvgIpc) is 2.97. The molecular formula is C28H35N7O3. The monoisotopic (exact) mass is 517 g/mol. The summed E-state index contributed by atoms with van der Waals surface area (Å²) in [7, 11) is 1.71. The molecule has 1 amide bonds. The molecule has 3 heterocycles. The van der Waals surface area contributed by atoms with Crippen LogP contribution in [0.1, 0.15) is 21.6 Å². The lowest BCUT2D eigenvalue weighted by molar-refractivity contribution is 0.0293. The van der Waals surface area contributed by atoms with Crippen LogP contribution in [0.15, 0.2) is 53.3 Å². The zero-order chi connectivity index (χ0) is 26.5. The Morgan fingerprint density at radius 2 is 1.58 bits per heavy atom. The fourth-order valence-corrected chi connectivity index (χ4v) is 4.98. The molecule has 2 aromatic carbocycles. The van der Waals surface area contributed by atoms with Gasteiger partial charge in [0.25, 0.3) is 11.5 Å². The van der Waals surface area contributed by atoms with Crippen molar-refractivity contribution < 1.29 is 9.53 Å². The van der Waals surface area contributed by atoms with E-state index in [2.05, 4.69) is 25.1 Å². The summed E-state index contributed by atoms with van der Waals surface area (Å²) in [6.45, 7) is 8.88. The maximum Gasteiger partial charge on any atom is 0.276 e. The van der Waals surface area contributed by atoms with Crippen molar-refractivity contribution in [2.24, 2.45) is 5.73 Å². The standard InChI is InChI=1S/C28H35N7O3/c1-30-25(26-27(36)32-23-5-3-2-4-22(23)31-26)24(29)20-6-8-21(9-7-20)28(37)35-14-12-33(13-15-35)10-11-34-16-18-38-19-17-34/h2-9,30H,10-19,29H2,1H3,(H,32,36)/b25-24+. The highest BCUT2D eigenvalue weighted by Crippen LogP contribution is 2.20. The van der Waals surface area contributed by atoms with Gasteiger partial charge in [0.15, 0.2) is 5.69 Å². The van der Waals surface area contributed by atoms with Crippen LogP contribution >= 0.6 is 0 Å². The number of fused-ring (bicyclic) bond motifs is 1. The Labute approximate surface area is 222 Å². The summed E-state index contributed by atoms with van der Waals surface area (Å²) in [6.07, 6.45) is 0. The van der Waals surface area contributed by atoms with Crippen LogP contribution in [0.5, 0.6) is 0 Å². The summed E-state index contributed by atoms with van der Waals surface area (Å²) in [5.74, 6) is 0.0217. The quantitative estimate of drug-likeness (QED) is 0.425. The van der Waals surface area contributed by atoms with Gasteiger partial charge in [0, 0.05) is 65.0 Å². The fourth-order valence-electron chi connectivity index (χ4n) is 4.98. The number of nitrogens with zero attached hydrogens (tertiary/aromatic N) is 4. The van der Waals surface area contributed by atoms with Crippen LogP contribution in [0, 0.1) is 0 Å². The van der Waals surface area contributed by atoms with E-state index in [1.165, 1.54) is 0 Å². The average molecular weight is 518 g/mol. The molecule has 2 fully saturated rings. The van der Waals surface area contributed by atoms with Crippen LogP contribution in [0.3, 0.4) is 0 Å². The number of nitrogens with one attached hydrogen (secondary N) is 2. The van der Waals surface area contributed by atoms with Crippen molar-refractivity contribution in [1.82, 2.24) is 30.0 Å². The van der Waals surface area contributed by atoms with E-state index in [1.54, 1.807) is 25.2 Å². The van der Waals surface area contributed by atoms with Crippen LogP contribution < -0.4 is 16.6 Å². The van der Waals surface area contributed by atoms with Gasteiger partial charge in [-0.2, -0.15) is 0 Å². The van der Waals surface area contributed by atoms with E-state index in [1.807, 2.05) is 35.2 Å². The number of aromatic nitrogens is 2. The van der Waals surface area contributed by atoms with E-state index in [-0.39, 0.29) is 17.2 Å². The van der Waals surface area contributed by atoms with Crippen LogP contribution in [-0.2, 0) is 4.74 Å².